The van der Waals surface area contributed by atoms with Crippen LogP contribution in [0.25, 0.3) is 0 Å². The molecule has 0 bridgehead atoms. The smallest absolute Gasteiger partial charge is 0.325 e. The first-order valence-corrected chi connectivity index (χ1v) is 7.39. The minimum Gasteiger partial charge on any atom is -0.344 e. The summed E-state index contributed by atoms with van der Waals surface area (Å²) in [6.07, 6.45) is 0.590. The van der Waals surface area contributed by atoms with Gasteiger partial charge in [-0.3, -0.25) is 9.13 Å². The van der Waals surface area contributed by atoms with Crippen molar-refractivity contribution in [2.24, 2.45) is 0 Å². The fourth-order valence-corrected chi connectivity index (χ4v) is 2.08. The van der Waals surface area contributed by atoms with Crippen molar-refractivity contribution in [3.8, 4) is 0 Å². The summed E-state index contributed by atoms with van der Waals surface area (Å²) < 4.78 is 20.7. The summed E-state index contributed by atoms with van der Waals surface area (Å²) in [6.45, 7) is 0. The van der Waals surface area contributed by atoms with Gasteiger partial charge < -0.3 is 25.7 Å². The third kappa shape index (κ3) is 14.8. The monoisotopic (exact) mass is 249 g/mol. The SMILES string of the molecule is N.O=P(O)(O)CCCCCP(=O)(O)O. The van der Waals surface area contributed by atoms with Crippen molar-refractivity contribution in [1.29, 1.82) is 0 Å². The van der Waals surface area contributed by atoms with Crippen LogP contribution in [0.3, 0.4) is 0 Å². The molecule has 0 aromatic rings. The van der Waals surface area contributed by atoms with Crippen LogP contribution < -0.4 is 6.15 Å². The molecule has 0 amide bonds. The molecule has 0 aromatic heterocycles. The molecular weight excluding hydrogens is 232 g/mol. The van der Waals surface area contributed by atoms with Crippen LogP contribution in [-0.2, 0) is 9.13 Å². The zero-order valence-electron chi connectivity index (χ0n) is 7.74. The summed E-state index contributed by atoms with van der Waals surface area (Å²) in [5.74, 6) is 0. The molecule has 7 N–H and O–H groups in total. The van der Waals surface area contributed by atoms with E-state index in [9.17, 15) is 9.13 Å². The van der Waals surface area contributed by atoms with Gasteiger partial charge in [0.2, 0.25) is 0 Å². The average Bonchev–Trinajstić information content (AvgIpc) is 1.81. The van der Waals surface area contributed by atoms with Crippen LogP contribution in [0.2, 0.25) is 0 Å². The number of unbranched alkanes of at least 4 members (excludes halogenated alkanes) is 2. The second-order valence-electron chi connectivity index (χ2n) is 2.84. The second kappa shape index (κ2) is 6.69. The first-order chi connectivity index (χ1) is 5.71. The number of hydrogen-bond donors (Lipinski definition) is 5. The van der Waals surface area contributed by atoms with Gasteiger partial charge in [-0.25, -0.2) is 0 Å². The van der Waals surface area contributed by atoms with Gasteiger partial charge in [-0.15, -0.1) is 0 Å². The van der Waals surface area contributed by atoms with Gasteiger partial charge in [-0.2, -0.15) is 0 Å². The Bertz CT molecular complexity index is 208. The molecule has 0 saturated heterocycles. The van der Waals surface area contributed by atoms with Gasteiger partial charge in [0.05, 0.1) is 0 Å². The quantitative estimate of drug-likeness (QED) is 0.343. The third-order valence-electron chi connectivity index (χ3n) is 1.40. The largest absolute Gasteiger partial charge is 0.344 e. The van der Waals surface area contributed by atoms with Gasteiger partial charge in [0.25, 0.3) is 0 Å². The standard InChI is InChI=1S/C5H14O6P2.H3N/c6-12(7,8)4-2-1-3-5-13(9,10)11;/h1-5H2,(H2,6,7,8)(H2,9,10,11);1H3. The van der Waals surface area contributed by atoms with E-state index in [1.54, 1.807) is 0 Å². The molecule has 88 valence electrons. The van der Waals surface area contributed by atoms with Gasteiger partial charge in [-0.1, -0.05) is 6.42 Å². The van der Waals surface area contributed by atoms with Crippen molar-refractivity contribution >= 4 is 15.2 Å². The van der Waals surface area contributed by atoms with Crippen LogP contribution in [0.4, 0.5) is 0 Å². The molecule has 0 heterocycles. The second-order valence-corrected chi connectivity index (χ2v) is 6.39. The topological polar surface area (TPSA) is 150 Å². The van der Waals surface area contributed by atoms with Crippen molar-refractivity contribution < 1.29 is 28.7 Å². The van der Waals surface area contributed by atoms with Crippen LogP contribution in [0.1, 0.15) is 19.3 Å². The molecule has 0 unspecified atom stereocenters. The predicted octanol–water partition coefficient (Wildman–Crippen LogP) is 0.674. The van der Waals surface area contributed by atoms with Crippen molar-refractivity contribution in [2.45, 2.75) is 19.3 Å². The summed E-state index contributed by atoms with van der Waals surface area (Å²) in [4.78, 5) is 33.7. The van der Waals surface area contributed by atoms with Crippen LogP contribution in [0, 0.1) is 0 Å². The molecule has 0 saturated carbocycles. The molecule has 0 aliphatic rings. The molecule has 0 aliphatic heterocycles. The van der Waals surface area contributed by atoms with E-state index in [1.165, 1.54) is 0 Å². The lowest BCUT2D eigenvalue weighted by atomic mass is 10.3. The van der Waals surface area contributed by atoms with E-state index in [0.29, 0.717) is 19.3 Å². The van der Waals surface area contributed by atoms with Crippen molar-refractivity contribution in [3.05, 3.63) is 0 Å². The lowest BCUT2D eigenvalue weighted by molar-refractivity contribution is 0.369. The van der Waals surface area contributed by atoms with Gasteiger partial charge >= 0.3 is 15.2 Å². The lowest BCUT2D eigenvalue weighted by Crippen LogP contribution is -1.91. The van der Waals surface area contributed by atoms with Gasteiger partial charge in [-0.05, 0) is 12.8 Å². The fourth-order valence-electron chi connectivity index (χ4n) is 0.812. The van der Waals surface area contributed by atoms with Gasteiger partial charge in [0.15, 0.2) is 0 Å². The Balaban J connectivity index is 0. The van der Waals surface area contributed by atoms with E-state index in [-0.39, 0.29) is 18.5 Å². The predicted molar refractivity (Wildman–Crippen MR) is 52.7 cm³/mol. The molecule has 0 atom stereocenters. The van der Waals surface area contributed by atoms with Crippen molar-refractivity contribution in [3.63, 3.8) is 0 Å². The maximum Gasteiger partial charge on any atom is 0.325 e. The normalized spacial score (nSPS) is 12.3. The highest BCUT2D eigenvalue weighted by Crippen LogP contribution is 2.37. The minimum atomic E-state index is -3.94. The van der Waals surface area contributed by atoms with E-state index in [2.05, 4.69) is 0 Å². The van der Waals surface area contributed by atoms with E-state index in [0.717, 1.165) is 0 Å². The summed E-state index contributed by atoms with van der Waals surface area (Å²) in [5, 5.41) is 0. The highest BCUT2D eigenvalue weighted by molar-refractivity contribution is 7.52. The molecule has 0 aliphatic carbocycles. The van der Waals surface area contributed by atoms with E-state index in [1.807, 2.05) is 0 Å². The van der Waals surface area contributed by atoms with Crippen molar-refractivity contribution in [2.75, 3.05) is 12.3 Å². The molecule has 0 spiro atoms. The molecular formula is C5H17NO6P2. The fraction of sp³-hybridized carbons (Fsp3) is 1.00. The molecule has 9 heteroatoms. The maximum absolute atomic E-state index is 10.3. The van der Waals surface area contributed by atoms with Crippen LogP contribution in [0.15, 0.2) is 0 Å². The first kappa shape index (κ1) is 16.7. The first-order valence-electron chi connectivity index (χ1n) is 3.80. The Labute approximate surface area is 82.4 Å². The zero-order chi connectivity index (χ0) is 10.5. The van der Waals surface area contributed by atoms with Crippen molar-refractivity contribution in [1.82, 2.24) is 6.15 Å². The molecule has 0 fully saturated rings. The van der Waals surface area contributed by atoms with Crippen LogP contribution in [0.5, 0.6) is 0 Å². The number of hydrogen-bond acceptors (Lipinski definition) is 3. The number of rotatable bonds is 6. The maximum atomic E-state index is 10.3. The third-order valence-corrected chi connectivity index (χ3v) is 3.20. The van der Waals surface area contributed by atoms with Gasteiger partial charge in [0.1, 0.15) is 0 Å². The van der Waals surface area contributed by atoms with Crippen LogP contribution >= 0.6 is 15.2 Å². The Morgan fingerprint density at radius 3 is 1.21 bits per heavy atom. The van der Waals surface area contributed by atoms with Crippen LogP contribution in [-0.4, -0.2) is 31.9 Å². The Hall–Kier alpha value is 0.260. The Kier molecular flexibility index (Phi) is 7.97. The molecule has 7 nitrogen and oxygen atoms in total. The van der Waals surface area contributed by atoms with E-state index in [4.69, 9.17) is 19.6 Å². The zero-order valence-corrected chi connectivity index (χ0v) is 9.53. The molecule has 14 heavy (non-hydrogen) atoms. The molecule has 0 rings (SSSR count). The average molecular weight is 249 g/mol. The molecule has 0 aromatic carbocycles. The van der Waals surface area contributed by atoms with E-state index >= 15 is 0 Å². The highest BCUT2D eigenvalue weighted by Gasteiger charge is 2.14. The summed E-state index contributed by atoms with van der Waals surface area (Å²) in [5.41, 5.74) is 0. The summed E-state index contributed by atoms with van der Waals surface area (Å²) in [7, 11) is -7.88. The Morgan fingerprint density at radius 1 is 0.714 bits per heavy atom. The highest BCUT2D eigenvalue weighted by atomic mass is 31.2. The summed E-state index contributed by atoms with van der Waals surface area (Å²) >= 11 is 0. The van der Waals surface area contributed by atoms with E-state index < -0.39 is 15.2 Å². The molecule has 0 radical (unpaired) electrons. The summed E-state index contributed by atoms with van der Waals surface area (Å²) in [6, 6.07) is 0. The Morgan fingerprint density at radius 2 is 1.00 bits per heavy atom. The van der Waals surface area contributed by atoms with Gasteiger partial charge in [0, 0.05) is 12.3 Å². The lowest BCUT2D eigenvalue weighted by Gasteiger charge is -2.04. The minimum absolute atomic E-state index is 0.